The van der Waals surface area contributed by atoms with E-state index >= 15 is 0 Å². The second-order valence-corrected chi connectivity index (χ2v) is 33.9. The molecule has 0 aliphatic heterocycles. The van der Waals surface area contributed by atoms with E-state index in [4.69, 9.17) is 35.3 Å². The molecular weight excluding hydrogens is 1720 g/mol. The average molecular weight is 1780 g/mol. The second-order valence-electron chi connectivity index (χ2n) is 31.2. The van der Waals surface area contributed by atoms with Gasteiger partial charge in [-0.15, -0.1) is 0 Å². The quantitative estimate of drug-likeness (QED) is 0.141. The Morgan fingerprint density at radius 1 is 0.154 bits per heavy atom. The van der Waals surface area contributed by atoms with Gasteiger partial charge >= 0.3 is 7.12 Å². The van der Waals surface area contributed by atoms with Crippen molar-refractivity contribution in [2.45, 2.75) is 7.43 Å². The highest BCUT2D eigenvalue weighted by molar-refractivity contribution is 9.11. The molecule has 0 unspecified atom stereocenters. The smallest absolute Gasteiger partial charge is 0.456 e. The lowest BCUT2D eigenvalue weighted by Crippen LogP contribution is -2.29. The highest BCUT2D eigenvalue weighted by atomic mass is 79.9. The Hall–Kier alpha value is -14.2. The monoisotopic (exact) mass is 1780 g/mol. The van der Waals surface area contributed by atoms with Gasteiger partial charge in [-0.3, -0.25) is 0 Å². The first kappa shape index (κ1) is 73.9. The predicted molar refractivity (Wildman–Crippen MR) is 515 cm³/mol. The second kappa shape index (κ2) is 29.3. The van der Waals surface area contributed by atoms with Crippen molar-refractivity contribution in [1.29, 1.82) is 0 Å². The molecular formula is C109H64BBr3O10. The van der Waals surface area contributed by atoms with E-state index in [-0.39, 0.29) is 7.43 Å². The molecule has 0 saturated carbocycles. The molecule has 0 radical (unpaired) electrons. The summed E-state index contributed by atoms with van der Waals surface area (Å²) in [4.78, 5) is 0. The summed E-state index contributed by atoms with van der Waals surface area (Å²) in [6.45, 7) is 0. The van der Waals surface area contributed by atoms with Crippen LogP contribution in [0.3, 0.4) is 0 Å². The van der Waals surface area contributed by atoms with Gasteiger partial charge in [0, 0.05) is 124 Å². The highest BCUT2D eigenvalue weighted by Gasteiger charge is 2.23. The zero-order valence-electron chi connectivity index (χ0n) is 64.4. The van der Waals surface area contributed by atoms with Crippen molar-refractivity contribution in [3.8, 4) is 77.9 Å². The summed E-state index contributed by atoms with van der Waals surface area (Å²) < 4.78 is 54.5. The maximum absolute atomic E-state index is 9.52. The number of furan rings is 8. The van der Waals surface area contributed by atoms with Crippen LogP contribution in [0.4, 0.5) is 0 Å². The molecule has 584 valence electrons. The summed E-state index contributed by atoms with van der Waals surface area (Å²) in [5, 5.41) is 35.4. The largest absolute Gasteiger partial charge is 0.488 e. The Kier molecular flexibility index (Phi) is 17.6. The molecule has 0 spiro atoms. The lowest BCUT2D eigenvalue weighted by molar-refractivity contribution is 0.426. The summed E-state index contributed by atoms with van der Waals surface area (Å²) in [7, 11) is -1.52. The van der Waals surface area contributed by atoms with Crippen molar-refractivity contribution in [1.82, 2.24) is 0 Å². The van der Waals surface area contributed by atoms with Crippen molar-refractivity contribution in [2.75, 3.05) is 0 Å². The summed E-state index contributed by atoms with van der Waals surface area (Å²) in [5.41, 5.74) is 28.7. The molecule has 8 heterocycles. The Labute approximate surface area is 726 Å². The highest BCUT2D eigenvalue weighted by Crippen LogP contribution is 2.47. The molecule has 18 aromatic carbocycles. The molecule has 14 heteroatoms. The average Bonchev–Trinajstić information content (AvgIpc) is 1.60. The first-order chi connectivity index (χ1) is 59.8. The summed E-state index contributed by atoms with van der Waals surface area (Å²) in [6, 6.07) is 122. The van der Waals surface area contributed by atoms with E-state index in [1.807, 2.05) is 84.9 Å². The van der Waals surface area contributed by atoms with E-state index in [0.29, 0.717) is 16.6 Å². The summed E-state index contributed by atoms with van der Waals surface area (Å²) >= 11 is 10.1. The van der Waals surface area contributed by atoms with Crippen molar-refractivity contribution in [3.05, 3.63) is 365 Å². The number of benzene rings is 18. The molecule has 0 aliphatic rings. The Morgan fingerprint density at radius 2 is 0.333 bits per heavy atom. The van der Waals surface area contributed by atoms with Gasteiger partial charge in [-0.2, -0.15) is 0 Å². The van der Waals surface area contributed by atoms with E-state index in [1.165, 1.54) is 0 Å². The summed E-state index contributed by atoms with van der Waals surface area (Å²) in [5.74, 6) is 0. The maximum Gasteiger partial charge on any atom is 0.488 e. The lowest BCUT2D eigenvalue weighted by atomic mass is 9.80. The minimum atomic E-state index is -1.52. The minimum absolute atomic E-state index is 0. The molecule has 26 aromatic rings. The van der Waals surface area contributed by atoms with E-state index in [1.54, 1.807) is 18.2 Å². The zero-order valence-corrected chi connectivity index (χ0v) is 69.1. The topological polar surface area (TPSA) is 146 Å². The Balaban J connectivity index is 0.000000185. The number of hydrogen-bond acceptors (Lipinski definition) is 10. The van der Waals surface area contributed by atoms with Gasteiger partial charge in [0.25, 0.3) is 0 Å². The van der Waals surface area contributed by atoms with Crippen LogP contribution in [0, 0.1) is 0 Å². The molecule has 0 bridgehead atoms. The van der Waals surface area contributed by atoms with Crippen molar-refractivity contribution >= 4 is 236 Å². The SMILES string of the molecule is Brc1cc(Br)cc(Br)c1.C.OB(O)c1ccc2oc3cc4oc5ccc(-c6ccccc6)cc5c4cc3c2c1.c1ccc(-c2ccc3oc4cc5oc6ccc(-c7cc(-c8ccc9oc%10cc%11oc%12ccc(-c%13ccccc%13)cc%12c%11cc%10c9c8)cc(-c8ccc9oc%10cc%11oc%12ccc(-c%13ccccc%13)cc%12c%11cc%10c9c8)c7)cc6c5cc4c3c2)cc1. The number of rotatable bonds is 8. The molecule has 0 saturated heterocycles. The van der Waals surface area contributed by atoms with E-state index in [2.05, 4.69) is 297 Å². The van der Waals surface area contributed by atoms with Gasteiger partial charge < -0.3 is 45.4 Å². The van der Waals surface area contributed by atoms with Crippen LogP contribution < -0.4 is 5.46 Å². The summed E-state index contributed by atoms with van der Waals surface area (Å²) in [6.07, 6.45) is 0. The van der Waals surface area contributed by atoms with Gasteiger partial charge in [0.05, 0.1) is 0 Å². The van der Waals surface area contributed by atoms with Crippen molar-refractivity contribution in [3.63, 3.8) is 0 Å². The molecule has 10 nitrogen and oxygen atoms in total. The van der Waals surface area contributed by atoms with Crippen LogP contribution in [-0.4, -0.2) is 17.2 Å². The van der Waals surface area contributed by atoms with Crippen LogP contribution in [0.25, 0.3) is 253 Å². The van der Waals surface area contributed by atoms with Crippen LogP contribution in [0.1, 0.15) is 7.43 Å². The number of hydrogen-bond donors (Lipinski definition) is 2. The standard InChI is InChI=1S/C78H42O6.C24H15BO4.C6H3Br3.CH4/c1-4-10-43(11-5-1)46-16-22-67-55(31-46)61-37-64-58-34-49(19-25-70(58)82-76(64)40-73(61)79-67)52-28-53(50-20-26-71-59(35-50)65-38-62-56-32-47(44-12-6-2-7-13-44)17-23-68(56)80-74(62)41-77(65)83-71)30-54(29-52)51-21-27-72-60(36-51)66-39-63-57-33-48(45-14-8-3-9-15-45)18-24-69(57)81-75(63)42-78(66)84-72;26-25(27)16-7-9-22-18(11-16)20-12-19-17-10-15(14-4-2-1-3-5-14)6-8-21(17)28-23(19)13-24(20)29-22;7-4-1-5(8)3-6(9)2-4;/h1-42H;1-13,26-27H;1-3H;1H4. The molecule has 0 atom stereocenters. The number of fused-ring (bicyclic) bond motifs is 24. The molecule has 123 heavy (non-hydrogen) atoms. The maximum atomic E-state index is 9.52. The van der Waals surface area contributed by atoms with Crippen LogP contribution in [-0.2, 0) is 0 Å². The van der Waals surface area contributed by atoms with Gasteiger partial charge in [-0.05, 0) is 235 Å². The van der Waals surface area contributed by atoms with E-state index in [0.717, 1.165) is 256 Å². The minimum Gasteiger partial charge on any atom is -0.456 e. The molecule has 0 aliphatic carbocycles. The molecule has 26 rings (SSSR count). The van der Waals surface area contributed by atoms with Crippen LogP contribution in [0.2, 0.25) is 0 Å². The fourth-order valence-corrected chi connectivity index (χ4v) is 20.2. The normalized spacial score (nSPS) is 11.9. The van der Waals surface area contributed by atoms with Gasteiger partial charge in [-0.25, -0.2) is 0 Å². The molecule has 2 N–H and O–H groups in total. The molecule has 0 amide bonds. The van der Waals surface area contributed by atoms with Gasteiger partial charge in [0.2, 0.25) is 0 Å². The van der Waals surface area contributed by atoms with Crippen LogP contribution in [0.5, 0.6) is 0 Å². The van der Waals surface area contributed by atoms with Crippen LogP contribution in [0.15, 0.2) is 401 Å². The number of halogens is 3. The third kappa shape index (κ3) is 12.9. The molecule has 8 aromatic heterocycles. The zero-order chi connectivity index (χ0) is 81.1. The van der Waals surface area contributed by atoms with Crippen LogP contribution >= 0.6 is 47.8 Å². The first-order valence-corrected chi connectivity index (χ1v) is 42.4. The first-order valence-electron chi connectivity index (χ1n) is 40.0. The van der Waals surface area contributed by atoms with Crippen molar-refractivity contribution < 1.29 is 45.4 Å². The lowest BCUT2D eigenvalue weighted by Gasteiger charge is -2.12. The Bertz CT molecular complexity index is 8140. The fraction of sp³-hybridized carbons (Fsp3) is 0.00917. The van der Waals surface area contributed by atoms with Gasteiger partial charge in [0.1, 0.15) is 89.3 Å². The molecule has 0 fully saturated rings. The van der Waals surface area contributed by atoms with Gasteiger partial charge in [0.15, 0.2) is 0 Å². The fourth-order valence-electron chi connectivity index (χ4n) is 17.8. The third-order valence-electron chi connectivity index (χ3n) is 23.8. The Morgan fingerprint density at radius 3 is 0.537 bits per heavy atom. The van der Waals surface area contributed by atoms with Crippen molar-refractivity contribution in [2.24, 2.45) is 0 Å². The van der Waals surface area contributed by atoms with E-state index in [9.17, 15) is 10.0 Å². The van der Waals surface area contributed by atoms with E-state index < -0.39 is 7.12 Å². The van der Waals surface area contributed by atoms with Gasteiger partial charge in [-0.1, -0.05) is 231 Å². The third-order valence-corrected chi connectivity index (χ3v) is 25.1. The predicted octanol–water partition coefficient (Wildman–Crippen LogP) is 32.5.